The normalized spacial score (nSPS) is 15.5. The van der Waals surface area contributed by atoms with Crippen molar-refractivity contribution in [3.63, 3.8) is 0 Å². The second-order valence-corrected chi connectivity index (χ2v) is 13.2. The Balaban J connectivity index is 1.62. The highest BCUT2D eigenvalue weighted by Gasteiger charge is 2.63. The summed E-state index contributed by atoms with van der Waals surface area (Å²) in [5, 5.41) is 2.73. The number of rotatable bonds is 13. The molecule has 0 saturated heterocycles. The van der Waals surface area contributed by atoms with Crippen molar-refractivity contribution >= 4 is 35.4 Å². The van der Waals surface area contributed by atoms with Crippen LogP contribution >= 0.6 is 0 Å². The third kappa shape index (κ3) is 8.56. The molecule has 4 rings (SSSR count). The lowest BCUT2D eigenvalue weighted by Crippen LogP contribution is -2.57. The van der Waals surface area contributed by atoms with E-state index < -0.39 is 58.9 Å². The van der Waals surface area contributed by atoms with E-state index >= 15 is 0 Å². The first-order valence-corrected chi connectivity index (χ1v) is 17.3. The summed E-state index contributed by atoms with van der Waals surface area (Å²) in [7, 11) is 3.02. The molecule has 54 heavy (non-hydrogen) atoms. The maximum atomic E-state index is 13.7. The lowest BCUT2D eigenvalue weighted by molar-refractivity contribution is -0.188. The number of carbonyl (C=O) groups excluding carboxylic acids is 5. The molecule has 3 aromatic rings. The van der Waals surface area contributed by atoms with Crippen LogP contribution in [-0.2, 0) is 41.2 Å². The Kier molecular flexibility index (Phi) is 12.9. The number of halogens is 3. The van der Waals surface area contributed by atoms with Crippen molar-refractivity contribution < 1.29 is 51.4 Å². The Hall–Kier alpha value is -5.72. The number of allylic oxidation sites excluding steroid dienone is 4. The van der Waals surface area contributed by atoms with Crippen molar-refractivity contribution in [3.05, 3.63) is 113 Å². The first-order valence-electron chi connectivity index (χ1n) is 17.3. The van der Waals surface area contributed by atoms with Crippen LogP contribution < -0.4 is 5.32 Å². The van der Waals surface area contributed by atoms with Gasteiger partial charge in [0.25, 0.3) is 11.8 Å². The number of hydrogen-bond acceptors (Lipinski definition) is 8. The van der Waals surface area contributed by atoms with E-state index in [4.69, 9.17) is 14.2 Å². The van der Waals surface area contributed by atoms with E-state index in [-0.39, 0.29) is 42.9 Å². The Morgan fingerprint density at radius 2 is 1.48 bits per heavy atom. The fraction of sp³-hybridized carbons (Fsp3) is 0.341. The lowest BCUT2D eigenvalue weighted by Gasteiger charge is -2.45. The number of amides is 2. The van der Waals surface area contributed by atoms with Crippen molar-refractivity contribution in [2.45, 2.75) is 46.7 Å². The smallest absolute Gasteiger partial charge is 0.416 e. The lowest BCUT2D eigenvalue weighted by atomic mass is 9.58. The maximum Gasteiger partial charge on any atom is 0.416 e. The predicted molar refractivity (Wildman–Crippen MR) is 195 cm³/mol. The minimum absolute atomic E-state index is 0.0329. The zero-order chi connectivity index (χ0) is 39.8. The van der Waals surface area contributed by atoms with Gasteiger partial charge >= 0.3 is 24.1 Å². The molecule has 0 heterocycles. The Labute approximate surface area is 312 Å². The molecule has 1 unspecified atom stereocenters. The van der Waals surface area contributed by atoms with E-state index in [0.29, 0.717) is 22.3 Å². The molecule has 286 valence electrons. The van der Waals surface area contributed by atoms with Gasteiger partial charge in [-0.05, 0) is 74.2 Å². The van der Waals surface area contributed by atoms with Crippen LogP contribution in [-0.4, -0.2) is 68.5 Å². The summed E-state index contributed by atoms with van der Waals surface area (Å²) < 4.78 is 55.9. The quantitative estimate of drug-likeness (QED) is 0.109. The monoisotopic (exact) mass is 748 g/mol. The van der Waals surface area contributed by atoms with Gasteiger partial charge in [-0.1, -0.05) is 67.1 Å². The van der Waals surface area contributed by atoms with E-state index in [1.54, 1.807) is 64.1 Å². The van der Waals surface area contributed by atoms with E-state index in [0.717, 1.165) is 12.1 Å². The van der Waals surface area contributed by atoms with Gasteiger partial charge in [-0.2, -0.15) is 13.2 Å². The molecule has 0 radical (unpaired) electrons. The minimum atomic E-state index is -4.52. The predicted octanol–water partition coefficient (Wildman–Crippen LogP) is 7.44. The Morgan fingerprint density at radius 3 is 2.06 bits per heavy atom. The van der Waals surface area contributed by atoms with Gasteiger partial charge in [-0.3, -0.25) is 24.0 Å². The molecule has 1 atom stereocenters. The minimum Gasteiger partial charge on any atom is -0.465 e. The fourth-order valence-corrected chi connectivity index (χ4v) is 6.29. The van der Waals surface area contributed by atoms with Gasteiger partial charge in [0.1, 0.15) is 6.61 Å². The molecule has 0 fully saturated rings. The molecule has 0 saturated carbocycles. The number of ether oxygens (including phenoxy) is 3. The van der Waals surface area contributed by atoms with Crippen LogP contribution in [0, 0.1) is 10.8 Å². The SMILES string of the molecule is CCOC(=O)C(COC(=O)Cc1ccc(NC(=O)c2ccccc2-c2ccc(C(F)(F)F)cc2)c(C(=O)N(C)C)c1)(C(=O)OCC)C1(C)CC=CC=C1C. The third-order valence-corrected chi connectivity index (χ3v) is 9.53. The molecule has 0 spiro atoms. The summed E-state index contributed by atoms with van der Waals surface area (Å²) >= 11 is 0. The number of nitrogens with zero attached hydrogens (tertiary/aromatic N) is 1. The zero-order valence-electron chi connectivity index (χ0n) is 31.0. The number of carbonyl (C=O) groups is 5. The number of anilines is 1. The summed E-state index contributed by atoms with van der Waals surface area (Å²) in [6.07, 6.45) is 0.759. The van der Waals surface area contributed by atoms with Gasteiger partial charge in [0.05, 0.1) is 36.4 Å². The number of esters is 3. The van der Waals surface area contributed by atoms with Gasteiger partial charge in [0.2, 0.25) is 5.41 Å². The van der Waals surface area contributed by atoms with Crippen LogP contribution in [0.1, 0.15) is 66.0 Å². The second kappa shape index (κ2) is 17.0. The van der Waals surface area contributed by atoms with Crippen LogP contribution in [0.2, 0.25) is 0 Å². The first kappa shape index (κ1) is 41.0. The molecule has 13 heteroatoms. The van der Waals surface area contributed by atoms with E-state index in [2.05, 4.69) is 5.32 Å². The van der Waals surface area contributed by atoms with E-state index in [9.17, 15) is 37.1 Å². The molecule has 3 aromatic carbocycles. The standard InChI is InChI=1S/C41H43F3N2O8/c1-7-52-37(50)40(38(51)53-8-2,39(4)22-12-11-13-26(39)3)25-54-34(47)24-27-16-21-33(32(23-27)36(49)46(5)6)45-35(48)31-15-10-9-14-30(31)28-17-19-29(20-18-28)41(42,43)44/h9-21,23H,7-8,22,24-25H2,1-6H3,(H,45,48). The molecule has 0 aromatic heterocycles. The summed E-state index contributed by atoms with van der Waals surface area (Å²) in [4.78, 5) is 69.0. The zero-order valence-corrected chi connectivity index (χ0v) is 31.0. The molecule has 2 amide bonds. The molecule has 1 aliphatic carbocycles. The van der Waals surface area contributed by atoms with Crippen LogP contribution in [0.4, 0.5) is 18.9 Å². The average Bonchev–Trinajstić information content (AvgIpc) is 3.13. The van der Waals surface area contributed by atoms with Gasteiger partial charge in [-0.25, -0.2) is 0 Å². The number of benzene rings is 3. The van der Waals surface area contributed by atoms with Crippen LogP contribution in [0.5, 0.6) is 0 Å². The molecular weight excluding hydrogens is 705 g/mol. The first-order chi connectivity index (χ1) is 25.5. The van der Waals surface area contributed by atoms with Crippen molar-refractivity contribution in [1.29, 1.82) is 0 Å². The van der Waals surface area contributed by atoms with E-state index in [1.807, 2.05) is 0 Å². The highest BCUT2D eigenvalue weighted by molar-refractivity contribution is 6.12. The summed E-state index contributed by atoms with van der Waals surface area (Å²) in [6.45, 7) is 5.96. The van der Waals surface area contributed by atoms with Crippen molar-refractivity contribution in [3.8, 4) is 11.1 Å². The molecule has 0 aliphatic heterocycles. The van der Waals surface area contributed by atoms with Gasteiger partial charge < -0.3 is 24.4 Å². The Morgan fingerprint density at radius 1 is 0.852 bits per heavy atom. The molecule has 1 aliphatic rings. The highest BCUT2D eigenvalue weighted by Crippen LogP contribution is 2.51. The second-order valence-electron chi connectivity index (χ2n) is 13.2. The fourth-order valence-electron chi connectivity index (χ4n) is 6.29. The number of hydrogen-bond donors (Lipinski definition) is 1. The number of nitrogens with one attached hydrogen (secondary N) is 1. The molecule has 10 nitrogen and oxygen atoms in total. The van der Waals surface area contributed by atoms with Crippen LogP contribution in [0.25, 0.3) is 11.1 Å². The third-order valence-electron chi connectivity index (χ3n) is 9.53. The van der Waals surface area contributed by atoms with Crippen LogP contribution in [0.15, 0.2) is 90.5 Å². The molecular formula is C41H43F3N2O8. The summed E-state index contributed by atoms with van der Waals surface area (Å²) in [5.41, 5.74) is -1.95. The van der Waals surface area contributed by atoms with Gasteiger partial charge in [-0.15, -0.1) is 0 Å². The average molecular weight is 749 g/mol. The van der Waals surface area contributed by atoms with Crippen molar-refractivity contribution in [2.24, 2.45) is 10.8 Å². The number of alkyl halides is 3. The Bertz CT molecular complexity index is 1950. The van der Waals surface area contributed by atoms with Crippen LogP contribution in [0.3, 0.4) is 0 Å². The van der Waals surface area contributed by atoms with Gasteiger partial charge in [0.15, 0.2) is 0 Å². The topological polar surface area (TPSA) is 128 Å². The largest absolute Gasteiger partial charge is 0.465 e. The van der Waals surface area contributed by atoms with E-state index in [1.165, 1.54) is 55.4 Å². The highest BCUT2D eigenvalue weighted by atomic mass is 19.4. The van der Waals surface area contributed by atoms with Crippen molar-refractivity contribution in [1.82, 2.24) is 4.90 Å². The van der Waals surface area contributed by atoms with Gasteiger partial charge in [0, 0.05) is 25.1 Å². The molecule has 1 N–H and O–H groups in total. The summed E-state index contributed by atoms with van der Waals surface area (Å²) in [5.74, 6) is -3.72. The van der Waals surface area contributed by atoms with Crippen molar-refractivity contribution in [2.75, 3.05) is 39.2 Å². The maximum absolute atomic E-state index is 13.7. The summed E-state index contributed by atoms with van der Waals surface area (Å²) in [6, 6.07) is 15.1. The molecule has 0 bridgehead atoms.